The van der Waals surface area contributed by atoms with E-state index in [-0.39, 0.29) is 11.7 Å². The van der Waals surface area contributed by atoms with Gasteiger partial charge in [0.25, 0.3) is 5.56 Å². The zero-order valence-electron chi connectivity index (χ0n) is 17.4. The first-order valence-corrected chi connectivity index (χ1v) is 11.0. The lowest BCUT2D eigenvalue weighted by Crippen LogP contribution is -2.53. The molecule has 3 aliphatic rings. The molecule has 2 fully saturated rings. The number of pyridine rings is 1. The SMILES string of the molecule is CCOC(=O)N1CCC(N2C[C@@H]3C[C@H](C2)c2ccc(-c4ncc[nH]4)c(=O)n2C3)CC1. The number of ether oxygens (including phenoxy) is 1. The molecule has 0 radical (unpaired) electrons. The van der Waals surface area contributed by atoms with Crippen LogP contribution in [0.25, 0.3) is 11.4 Å². The summed E-state index contributed by atoms with van der Waals surface area (Å²) in [6, 6.07) is 4.54. The van der Waals surface area contributed by atoms with Crippen LogP contribution in [0, 0.1) is 5.92 Å². The maximum Gasteiger partial charge on any atom is 0.409 e. The number of hydrogen-bond donors (Lipinski definition) is 1. The average molecular weight is 412 g/mol. The second-order valence-corrected chi connectivity index (χ2v) is 8.70. The second kappa shape index (κ2) is 7.91. The van der Waals surface area contributed by atoms with Crippen LogP contribution in [-0.2, 0) is 11.3 Å². The molecule has 0 aliphatic carbocycles. The number of rotatable bonds is 3. The number of likely N-dealkylation sites (tertiary alicyclic amines) is 2. The Balaban J connectivity index is 1.30. The van der Waals surface area contributed by atoms with Gasteiger partial charge in [0.1, 0.15) is 5.82 Å². The van der Waals surface area contributed by atoms with Gasteiger partial charge in [-0.15, -0.1) is 0 Å². The minimum absolute atomic E-state index is 0.0633. The zero-order valence-corrected chi connectivity index (χ0v) is 17.4. The highest BCUT2D eigenvalue weighted by Gasteiger charge is 2.38. The molecular weight excluding hydrogens is 382 g/mol. The van der Waals surface area contributed by atoms with Gasteiger partial charge in [-0.1, -0.05) is 0 Å². The van der Waals surface area contributed by atoms with Gasteiger partial charge in [-0.2, -0.15) is 0 Å². The van der Waals surface area contributed by atoms with Crippen molar-refractivity contribution in [2.24, 2.45) is 5.92 Å². The van der Waals surface area contributed by atoms with Crippen LogP contribution >= 0.6 is 0 Å². The number of carbonyl (C=O) groups excluding carboxylic acids is 1. The van der Waals surface area contributed by atoms with Crippen LogP contribution < -0.4 is 5.56 Å². The van der Waals surface area contributed by atoms with E-state index in [9.17, 15) is 9.59 Å². The fourth-order valence-corrected chi connectivity index (χ4v) is 5.50. The number of amides is 1. The van der Waals surface area contributed by atoms with Gasteiger partial charge in [-0.05, 0) is 44.2 Å². The molecule has 160 valence electrons. The molecule has 5 rings (SSSR count). The van der Waals surface area contributed by atoms with Crippen molar-refractivity contribution >= 4 is 6.09 Å². The van der Waals surface area contributed by atoms with Crippen molar-refractivity contribution in [1.29, 1.82) is 0 Å². The van der Waals surface area contributed by atoms with Gasteiger partial charge >= 0.3 is 6.09 Å². The summed E-state index contributed by atoms with van der Waals surface area (Å²) < 4.78 is 7.13. The molecule has 2 aromatic heterocycles. The summed E-state index contributed by atoms with van der Waals surface area (Å²) in [5.74, 6) is 1.52. The minimum atomic E-state index is -0.188. The van der Waals surface area contributed by atoms with Crippen molar-refractivity contribution in [3.8, 4) is 11.4 Å². The number of piperidine rings is 2. The maximum absolute atomic E-state index is 13.1. The van der Waals surface area contributed by atoms with Gasteiger partial charge in [0.2, 0.25) is 0 Å². The van der Waals surface area contributed by atoms with Gasteiger partial charge in [0.05, 0.1) is 12.2 Å². The molecule has 2 bridgehead atoms. The number of nitrogens with one attached hydrogen (secondary N) is 1. The fraction of sp³-hybridized carbons (Fsp3) is 0.591. The minimum Gasteiger partial charge on any atom is -0.450 e. The quantitative estimate of drug-likeness (QED) is 0.838. The molecule has 0 spiro atoms. The summed E-state index contributed by atoms with van der Waals surface area (Å²) in [5.41, 5.74) is 1.86. The van der Waals surface area contributed by atoms with E-state index >= 15 is 0 Å². The number of nitrogens with zero attached hydrogens (tertiary/aromatic N) is 4. The van der Waals surface area contributed by atoms with Crippen molar-refractivity contribution < 1.29 is 9.53 Å². The van der Waals surface area contributed by atoms with E-state index in [0.29, 0.717) is 35.9 Å². The van der Waals surface area contributed by atoms with Crippen LogP contribution in [0.15, 0.2) is 29.3 Å². The lowest BCUT2D eigenvalue weighted by atomic mass is 9.81. The highest BCUT2D eigenvalue weighted by Crippen LogP contribution is 2.37. The number of hydrogen-bond acceptors (Lipinski definition) is 5. The Morgan fingerprint density at radius 3 is 2.80 bits per heavy atom. The summed E-state index contributed by atoms with van der Waals surface area (Å²) in [4.78, 5) is 36.8. The van der Waals surface area contributed by atoms with E-state index in [1.54, 1.807) is 12.4 Å². The molecular formula is C22H29N5O3. The number of aromatic amines is 1. The second-order valence-electron chi connectivity index (χ2n) is 8.70. The lowest BCUT2D eigenvalue weighted by Gasteiger charge is -2.47. The third-order valence-corrected chi connectivity index (χ3v) is 6.89. The van der Waals surface area contributed by atoms with Crippen LogP contribution in [0.3, 0.4) is 0 Å². The predicted molar refractivity (Wildman–Crippen MR) is 112 cm³/mol. The number of aromatic nitrogens is 3. The van der Waals surface area contributed by atoms with Crippen molar-refractivity contribution in [3.05, 3.63) is 40.6 Å². The molecule has 5 heterocycles. The third kappa shape index (κ3) is 3.43. The fourth-order valence-electron chi connectivity index (χ4n) is 5.50. The first kappa shape index (κ1) is 19.4. The summed E-state index contributed by atoms with van der Waals surface area (Å²) in [5, 5.41) is 0. The van der Waals surface area contributed by atoms with Gasteiger partial charge < -0.3 is 19.2 Å². The van der Waals surface area contributed by atoms with E-state index in [0.717, 1.165) is 57.7 Å². The first-order valence-electron chi connectivity index (χ1n) is 11.0. The van der Waals surface area contributed by atoms with Crippen LogP contribution in [0.4, 0.5) is 4.79 Å². The molecule has 2 atom stereocenters. The Morgan fingerprint density at radius 1 is 1.23 bits per heavy atom. The van der Waals surface area contributed by atoms with Crippen LogP contribution in [0.1, 0.15) is 37.8 Å². The number of imidazole rings is 1. The Kier molecular flexibility index (Phi) is 5.10. The Bertz CT molecular complexity index is 962. The average Bonchev–Trinajstić information content (AvgIpc) is 3.29. The molecule has 0 saturated carbocycles. The van der Waals surface area contributed by atoms with Gasteiger partial charge in [0, 0.05) is 62.8 Å². The molecule has 1 N–H and O–H groups in total. The van der Waals surface area contributed by atoms with Crippen molar-refractivity contribution in [3.63, 3.8) is 0 Å². The van der Waals surface area contributed by atoms with Gasteiger partial charge in [-0.3, -0.25) is 9.69 Å². The highest BCUT2D eigenvalue weighted by atomic mass is 16.6. The topological polar surface area (TPSA) is 83.5 Å². The standard InChI is InChI=1S/C22H29N5O3/c1-2-30-22(29)25-9-5-17(6-10-25)26-12-15-11-16(14-26)19-4-3-18(20-23-7-8-24-20)21(28)27(19)13-15/h3-4,7-8,15-17H,2,5-6,9-14H2,1H3,(H,23,24)/t15-,16+/m0/s1. The smallest absolute Gasteiger partial charge is 0.409 e. The van der Waals surface area contributed by atoms with E-state index in [2.05, 4.69) is 20.9 Å². The van der Waals surface area contributed by atoms with Crippen LogP contribution in [0.5, 0.6) is 0 Å². The summed E-state index contributed by atoms with van der Waals surface area (Å²) in [7, 11) is 0. The Morgan fingerprint density at radius 2 is 2.07 bits per heavy atom. The largest absolute Gasteiger partial charge is 0.450 e. The van der Waals surface area contributed by atoms with Crippen LogP contribution in [0.2, 0.25) is 0 Å². The van der Waals surface area contributed by atoms with E-state index < -0.39 is 0 Å². The van der Waals surface area contributed by atoms with Crippen molar-refractivity contribution in [1.82, 2.24) is 24.3 Å². The number of fused-ring (bicyclic) bond motifs is 4. The lowest BCUT2D eigenvalue weighted by molar-refractivity contribution is 0.0410. The summed E-state index contributed by atoms with van der Waals surface area (Å²) in [6.45, 7) is 6.58. The van der Waals surface area contributed by atoms with E-state index in [4.69, 9.17) is 4.74 Å². The van der Waals surface area contributed by atoms with Gasteiger partial charge in [0.15, 0.2) is 0 Å². The molecule has 1 amide bonds. The predicted octanol–water partition coefficient (Wildman–Crippen LogP) is 2.28. The molecule has 2 saturated heterocycles. The molecule has 0 unspecified atom stereocenters. The van der Waals surface area contributed by atoms with E-state index in [1.807, 2.05) is 22.5 Å². The molecule has 8 heteroatoms. The van der Waals surface area contributed by atoms with E-state index in [1.165, 1.54) is 0 Å². The normalized spacial score (nSPS) is 24.5. The van der Waals surface area contributed by atoms with Crippen molar-refractivity contribution in [2.75, 3.05) is 32.8 Å². The zero-order chi connectivity index (χ0) is 20.7. The molecule has 30 heavy (non-hydrogen) atoms. The Labute approximate surface area is 175 Å². The monoisotopic (exact) mass is 411 g/mol. The number of carbonyl (C=O) groups is 1. The number of H-pyrrole nitrogens is 1. The third-order valence-electron chi connectivity index (χ3n) is 6.89. The molecule has 3 aliphatic heterocycles. The van der Waals surface area contributed by atoms with Crippen molar-refractivity contribution in [2.45, 2.75) is 44.7 Å². The summed E-state index contributed by atoms with van der Waals surface area (Å²) in [6.07, 6.45) is 6.37. The van der Waals surface area contributed by atoms with Crippen LogP contribution in [-0.4, -0.2) is 69.3 Å². The molecule has 2 aromatic rings. The maximum atomic E-state index is 13.1. The Hall–Kier alpha value is -2.61. The molecule has 0 aromatic carbocycles. The molecule has 8 nitrogen and oxygen atoms in total. The summed E-state index contributed by atoms with van der Waals surface area (Å²) >= 11 is 0. The highest BCUT2D eigenvalue weighted by molar-refractivity contribution is 5.67. The van der Waals surface area contributed by atoms with Gasteiger partial charge in [-0.25, -0.2) is 9.78 Å². The first-order chi connectivity index (χ1) is 14.6.